The molecule has 0 radical (unpaired) electrons. The van der Waals surface area contributed by atoms with Crippen molar-refractivity contribution in [2.75, 3.05) is 0 Å². The van der Waals surface area contributed by atoms with Gasteiger partial charge >= 0.3 is 0 Å². The van der Waals surface area contributed by atoms with E-state index in [0.29, 0.717) is 18.9 Å². The topological polar surface area (TPSA) is 55.1 Å². The average molecular weight is 232 g/mol. The van der Waals surface area contributed by atoms with Crippen molar-refractivity contribution in [2.24, 2.45) is 5.92 Å². The van der Waals surface area contributed by atoms with Crippen LogP contribution < -0.4 is 5.32 Å². The molecule has 0 atom stereocenters. The van der Waals surface area contributed by atoms with Crippen molar-refractivity contribution in [3.63, 3.8) is 0 Å². The number of hydrogen-bond donors (Lipinski definition) is 1. The summed E-state index contributed by atoms with van der Waals surface area (Å²) >= 11 is 0. The quantitative estimate of drug-likeness (QED) is 0.881. The summed E-state index contributed by atoms with van der Waals surface area (Å²) in [6.07, 6.45) is 1.98. The molecule has 0 unspecified atom stereocenters. The lowest BCUT2D eigenvalue weighted by atomic mass is 10.1. The van der Waals surface area contributed by atoms with Crippen LogP contribution in [0.15, 0.2) is 29.0 Å². The van der Waals surface area contributed by atoms with Gasteiger partial charge in [0, 0.05) is 13.0 Å². The van der Waals surface area contributed by atoms with Crippen LogP contribution in [-0.2, 0) is 11.3 Å². The first-order chi connectivity index (χ1) is 8.15. The van der Waals surface area contributed by atoms with Crippen LogP contribution in [0, 0.1) is 5.92 Å². The monoisotopic (exact) mass is 232 g/mol. The van der Waals surface area contributed by atoms with Crippen LogP contribution in [0.4, 0.5) is 0 Å². The molecule has 1 N–H and O–H groups in total. The summed E-state index contributed by atoms with van der Waals surface area (Å²) in [7, 11) is 0. The van der Waals surface area contributed by atoms with Gasteiger partial charge in [-0.2, -0.15) is 0 Å². The summed E-state index contributed by atoms with van der Waals surface area (Å²) in [4.78, 5) is 15.5. The molecule has 0 bridgehead atoms. The predicted octanol–water partition coefficient (Wildman–Crippen LogP) is 2.49. The van der Waals surface area contributed by atoms with Gasteiger partial charge < -0.3 is 9.73 Å². The van der Waals surface area contributed by atoms with E-state index >= 15 is 0 Å². The lowest BCUT2D eigenvalue weighted by Gasteiger charge is -2.06. The molecule has 0 aliphatic carbocycles. The molecule has 0 saturated carbocycles. The number of oxazole rings is 1. The molecule has 0 aliphatic heterocycles. The zero-order chi connectivity index (χ0) is 12.3. The van der Waals surface area contributed by atoms with Gasteiger partial charge in [0.2, 0.25) is 5.91 Å². The molecule has 4 heteroatoms. The Kier molecular flexibility index (Phi) is 3.42. The lowest BCUT2D eigenvalue weighted by molar-refractivity contribution is -0.121. The van der Waals surface area contributed by atoms with E-state index in [1.165, 1.54) is 6.39 Å². The maximum atomic E-state index is 11.5. The van der Waals surface area contributed by atoms with Gasteiger partial charge in [-0.15, -0.1) is 0 Å². The van der Waals surface area contributed by atoms with Crippen molar-refractivity contribution in [1.82, 2.24) is 10.3 Å². The summed E-state index contributed by atoms with van der Waals surface area (Å²) in [5.74, 6) is 0.462. The molecule has 0 aliphatic rings. The van der Waals surface area contributed by atoms with Crippen LogP contribution in [0.5, 0.6) is 0 Å². The Morgan fingerprint density at radius 1 is 1.47 bits per heavy atom. The number of benzene rings is 1. The summed E-state index contributed by atoms with van der Waals surface area (Å²) in [6, 6.07) is 5.74. The fourth-order valence-electron chi connectivity index (χ4n) is 1.65. The zero-order valence-corrected chi connectivity index (χ0v) is 10.1. The second-order valence-corrected chi connectivity index (χ2v) is 4.53. The molecule has 17 heavy (non-hydrogen) atoms. The summed E-state index contributed by atoms with van der Waals surface area (Å²) in [5.41, 5.74) is 2.61. The van der Waals surface area contributed by atoms with Crippen molar-refractivity contribution in [3.8, 4) is 0 Å². The number of amides is 1. The fourth-order valence-corrected chi connectivity index (χ4v) is 1.65. The molecule has 2 rings (SSSR count). The lowest BCUT2D eigenvalue weighted by Crippen LogP contribution is -2.23. The van der Waals surface area contributed by atoms with Gasteiger partial charge in [0.15, 0.2) is 12.0 Å². The molecule has 0 fully saturated rings. The van der Waals surface area contributed by atoms with Gasteiger partial charge in [-0.25, -0.2) is 4.98 Å². The highest BCUT2D eigenvalue weighted by molar-refractivity contribution is 5.76. The number of nitrogens with zero attached hydrogens (tertiary/aromatic N) is 1. The molecule has 1 aromatic heterocycles. The van der Waals surface area contributed by atoms with Gasteiger partial charge in [-0.05, 0) is 23.6 Å². The summed E-state index contributed by atoms with van der Waals surface area (Å²) in [5, 5.41) is 2.89. The highest BCUT2D eigenvalue weighted by atomic mass is 16.3. The number of carbonyl (C=O) groups is 1. The van der Waals surface area contributed by atoms with Gasteiger partial charge in [-0.3, -0.25) is 4.79 Å². The number of nitrogens with one attached hydrogen (secondary N) is 1. The van der Waals surface area contributed by atoms with Crippen molar-refractivity contribution < 1.29 is 9.21 Å². The second-order valence-electron chi connectivity index (χ2n) is 4.53. The first kappa shape index (κ1) is 11.6. The summed E-state index contributed by atoms with van der Waals surface area (Å²) in [6.45, 7) is 4.59. The maximum Gasteiger partial charge on any atom is 0.220 e. The standard InChI is InChI=1S/C13H16N2O2/c1-9(2)5-13(16)14-7-10-3-4-11-12(6-10)17-8-15-11/h3-4,6,8-9H,5,7H2,1-2H3,(H,14,16). The van der Waals surface area contributed by atoms with Crippen molar-refractivity contribution in [3.05, 3.63) is 30.2 Å². The molecule has 0 spiro atoms. The first-order valence-corrected chi connectivity index (χ1v) is 5.74. The maximum absolute atomic E-state index is 11.5. The molecule has 4 nitrogen and oxygen atoms in total. The molecule has 1 aromatic carbocycles. The van der Waals surface area contributed by atoms with Crippen molar-refractivity contribution in [1.29, 1.82) is 0 Å². The van der Waals surface area contributed by atoms with Gasteiger partial charge in [0.1, 0.15) is 5.52 Å². The van der Waals surface area contributed by atoms with Gasteiger partial charge in [0.05, 0.1) is 0 Å². The van der Waals surface area contributed by atoms with Crippen LogP contribution in [0.3, 0.4) is 0 Å². The van der Waals surface area contributed by atoms with E-state index in [2.05, 4.69) is 10.3 Å². The van der Waals surface area contributed by atoms with E-state index in [1.54, 1.807) is 0 Å². The Morgan fingerprint density at radius 2 is 2.29 bits per heavy atom. The Labute approximate surface area is 100 Å². The summed E-state index contributed by atoms with van der Waals surface area (Å²) < 4.78 is 5.21. The Morgan fingerprint density at radius 3 is 3.06 bits per heavy atom. The minimum absolute atomic E-state index is 0.0812. The van der Waals surface area contributed by atoms with Crippen LogP contribution in [-0.4, -0.2) is 10.9 Å². The highest BCUT2D eigenvalue weighted by Crippen LogP contribution is 2.14. The number of carbonyl (C=O) groups excluding carboxylic acids is 1. The van der Waals surface area contributed by atoms with Crippen molar-refractivity contribution >= 4 is 17.0 Å². The molecule has 1 heterocycles. The molecule has 1 amide bonds. The molecule has 90 valence electrons. The first-order valence-electron chi connectivity index (χ1n) is 5.74. The number of aromatic nitrogens is 1. The Hall–Kier alpha value is -1.84. The van der Waals surface area contributed by atoms with Crippen LogP contribution >= 0.6 is 0 Å². The van der Waals surface area contributed by atoms with E-state index in [4.69, 9.17) is 4.42 Å². The molecule has 0 saturated heterocycles. The zero-order valence-electron chi connectivity index (χ0n) is 10.1. The van der Waals surface area contributed by atoms with E-state index in [9.17, 15) is 4.79 Å². The SMILES string of the molecule is CC(C)CC(=O)NCc1ccc2ncoc2c1. The van der Waals surface area contributed by atoms with Crippen LogP contribution in [0.2, 0.25) is 0 Å². The van der Waals surface area contributed by atoms with E-state index in [-0.39, 0.29) is 5.91 Å². The minimum Gasteiger partial charge on any atom is -0.443 e. The third-order valence-corrected chi connectivity index (χ3v) is 2.48. The van der Waals surface area contributed by atoms with Gasteiger partial charge in [0.25, 0.3) is 0 Å². The largest absolute Gasteiger partial charge is 0.443 e. The number of rotatable bonds is 4. The highest BCUT2D eigenvalue weighted by Gasteiger charge is 2.05. The van der Waals surface area contributed by atoms with E-state index in [1.807, 2.05) is 32.0 Å². The predicted molar refractivity (Wildman–Crippen MR) is 65.3 cm³/mol. The third kappa shape index (κ3) is 3.06. The normalized spacial score (nSPS) is 11.0. The molecular formula is C13H16N2O2. The van der Waals surface area contributed by atoms with E-state index < -0.39 is 0 Å². The smallest absolute Gasteiger partial charge is 0.220 e. The average Bonchev–Trinajstić information content (AvgIpc) is 2.72. The minimum atomic E-state index is 0.0812. The Bertz CT molecular complexity index is 517. The number of hydrogen-bond acceptors (Lipinski definition) is 3. The number of fused-ring (bicyclic) bond motifs is 1. The second kappa shape index (κ2) is 4.99. The molecule has 2 aromatic rings. The fraction of sp³-hybridized carbons (Fsp3) is 0.385. The van der Waals surface area contributed by atoms with Gasteiger partial charge in [-0.1, -0.05) is 19.9 Å². The van der Waals surface area contributed by atoms with Crippen molar-refractivity contribution in [2.45, 2.75) is 26.8 Å². The third-order valence-electron chi connectivity index (χ3n) is 2.48. The Balaban J connectivity index is 1.96. The van der Waals surface area contributed by atoms with Crippen LogP contribution in [0.25, 0.3) is 11.1 Å². The molecular weight excluding hydrogens is 216 g/mol. The van der Waals surface area contributed by atoms with E-state index in [0.717, 1.165) is 16.7 Å². The van der Waals surface area contributed by atoms with Crippen LogP contribution in [0.1, 0.15) is 25.8 Å².